The van der Waals surface area contributed by atoms with Crippen LogP contribution < -0.4 is 5.32 Å². The lowest BCUT2D eigenvalue weighted by Crippen LogP contribution is -2.35. The lowest BCUT2D eigenvalue weighted by Gasteiger charge is -2.35. The number of nitrogens with one attached hydrogen (secondary N) is 1. The van der Waals surface area contributed by atoms with E-state index in [-0.39, 0.29) is 0 Å². The highest BCUT2D eigenvalue weighted by Gasteiger charge is 2.43. The maximum absolute atomic E-state index is 3.37. The highest BCUT2D eigenvalue weighted by Crippen LogP contribution is 2.51. The lowest BCUT2D eigenvalue weighted by molar-refractivity contribution is 0.209. The monoisotopic (exact) mass is 165 g/mol. The summed E-state index contributed by atoms with van der Waals surface area (Å²) in [6, 6.07) is 0. The summed E-state index contributed by atoms with van der Waals surface area (Å²) < 4.78 is 0. The maximum Gasteiger partial charge on any atom is 0.00105 e. The fourth-order valence-electron chi connectivity index (χ4n) is 2.63. The molecule has 0 aromatic heterocycles. The fraction of sp³-hybridized carbons (Fsp3) is 0.818. The average Bonchev–Trinajstić information content (AvgIpc) is 2.89. The van der Waals surface area contributed by atoms with Gasteiger partial charge in [0, 0.05) is 6.54 Å². The minimum atomic E-state index is 0.642. The van der Waals surface area contributed by atoms with E-state index in [9.17, 15) is 0 Å². The van der Waals surface area contributed by atoms with Crippen molar-refractivity contribution in [1.29, 1.82) is 0 Å². The van der Waals surface area contributed by atoms with Gasteiger partial charge in [-0.1, -0.05) is 12.2 Å². The van der Waals surface area contributed by atoms with Gasteiger partial charge in [0.1, 0.15) is 0 Å². The lowest BCUT2D eigenvalue weighted by atomic mass is 9.73. The Kier molecular flexibility index (Phi) is 2.22. The molecule has 1 nitrogen and oxygen atoms in total. The summed E-state index contributed by atoms with van der Waals surface area (Å²) in [5, 5.41) is 3.37. The molecule has 2 aliphatic carbocycles. The Morgan fingerprint density at radius 2 is 2.25 bits per heavy atom. The van der Waals surface area contributed by atoms with Crippen LogP contribution in [0.5, 0.6) is 0 Å². The predicted octanol–water partition coefficient (Wildman–Crippen LogP) is 2.34. The summed E-state index contributed by atoms with van der Waals surface area (Å²) in [5.41, 5.74) is 0.642. The third kappa shape index (κ3) is 1.42. The van der Waals surface area contributed by atoms with Crippen molar-refractivity contribution in [3.8, 4) is 0 Å². The SMILES string of the molecule is CNCC1(C2CC2)CC=CCC1. The van der Waals surface area contributed by atoms with Crippen LogP contribution in [0.2, 0.25) is 0 Å². The minimum Gasteiger partial charge on any atom is -0.319 e. The zero-order chi connectivity index (χ0) is 8.44. The van der Waals surface area contributed by atoms with Gasteiger partial charge in [-0.15, -0.1) is 0 Å². The van der Waals surface area contributed by atoms with Gasteiger partial charge in [0.25, 0.3) is 0 Å². The molecule has 1 unspecified atom stereocenters. The molecule has 2 rings (SSSR count). The average molecular weight is 165 g/mol. The molecule has 0 aromatic rings. The second-order valence-electron chi connectivity index (χ2n) is 4.38. The minimum absolute atomic E-state index is 0.642. The third-order valence-electron chi connectivity index (χ3n) is 3.47. The van der Waals surface area contributed by atoms with Crippen molar-refractivity contribution in [1.82, 2.24) is 5.32 Å². The third-order valence-corrected chi connectivity index (χ3v) is 3.47. The van der Waals surface area contributed by atoms with Crippen molar-refractivity contribution in [2.24, 2.45) is 11.3 Å². The van der Waals surface area contributed by atoms with Crippen LogP contribution >= 0.6 is 0 Å². The molecule has 1 heteroatoms. The van der Waals surface area contributed by atoms with Gasteiger partial charge in [-0.2, -0.15) is 0 Å². The second kappa shape index (κ2) is 3.21. The zero-order valence-electron chi connectivity index (χ0n) is 7.97. The summed E-state index contributed by atoms with van der Waals surface area (Å²) in [6.07, 6.45) is 11.7. The van der Waals surface area contributed by atoms with Crippen molar-refractivity contribution in [2.75, 3.05) is 13.6 Å². The molecule has 1 saturated carbocycles. The van der Waals surface area contributed by atoms with Crippen LogP contribution in [0.1, 0.15) is 32.1 Å². The van der Waals surface area contributed by atoms with E-state index in [0.717, 1.165) is 5.92 Å². The van der Waals surface area contributed by atoms with E-state index in [1.165, 1.54) is 38.6 Å². The summed E-state index contributed by atoms with van der Waals surface area (Å²) in [7, 11) is 2.09. The highest BCUT2D eigenvalue weighted by molar-refractivity contribution is 5.04. The largest absolute Gasteiger partial charge is 0.319 e. The van der Waals surface area contributed by atoms with Gasteiger partial charge < -0.3 is 5.32 Å². The van der Waals surface area contributed by atoms with E-state index >= 15 is 0 Å². The number of hydrogen-bond acceptors (Lipinski definition) is 1. The Hall–Kier alpha value is -0.300. The van der Waals surface area contributed by atoms with E-state index in [1.54, 1.807) is 0 Å². The Balaban J connectivity index is 2.04. The van der Waals surface area contributed by atoms with Crippen LogP contribution in [0, 0.1) is 11.3 Å². The summed E-state index contributed by atoms with van der Waals surface area (Å²) >= 11 is 0. The standard InChI is InChI=1S/C11H19N/c1-12-9-11(10-5-6-10)7-3-2-4-8-11/h2-3,10,12H,4-9H2,1H3. The fourth-order valence-corrected chi connectivity index (χ4v) is 2.63. The summed E-state index contributed by atoms with van der Waals surface area (Å²) in [4.78, 5) is 0. The molecule has 2 aliphatic rings. The van der Waals surface area contributed by atoms with Gasteiger partial charge in [0.2, 0.25) is 0 Å². The summed E-state index contributed by atoms with van der Waals surface area (Å²) in [6.45, 7) is 1.22. The molecule has 12 heavy (non-hydrogen) atoms. The molecule has 1 atom stereocenters. The summed E-state index contributed by atoms with van der Waals surface area (Å²) in [5.74, 6) is 1.04. The molecular weight excluding hydrogens is 146 g/mol. The first-order chi connectivity index (χ1) is 5.87. The predicted molar refractivity (Wildman–Crippen MR) is 52.1 cm³/mol. The normalized spacial score (nSPS) is 35.4. The van der Waals surface area contributed by atoms with Gasteiger partial charge >= 0.3 is 0 Å². The van der Waals surface area contributed by atoms with Crippen molar-refractivity contribution in [3.05, 3.63) is 12.2 Å². The second-order valence-corrected chi connectivity index (χ2v) is 4.38. The topological polar surface area (TPSA) is 12.0 Å². The van der Waals surface area contributed by atoms with E-state index in [1.807, 2.05) is 0 Å². The highest BCUT2D eigenvalue weighted by atomic mass is 14.8. The van der Waals surface area contributed by atoms with Crippen LogP contribution in [0.3, 0.4) is 0 Å². The Bertz CT molecular complexity index is 181. The molecule has 1 fully saturated rings. The van der Waals surface area contributed by atoms with Gasteiger partial charge in [0.05, 0.1) is 0 Å². The Labute approximate surface area is 75.2 Å². The molecule has 0 radical (unpaired) electrons. The van der Waals surface area contributed by atoms with Gasteiger partial charge in [0.15, 0.2) is 0 Å². The number of rotatable bonds is 3. The molecule has 0 heterocycles. The molecule has 0 saturated heterocycles. The Morgan fingerprint density at radius 3 is 2.75 bits per heavy atom. The smallest absolute Gasteiger partial charge is 0.00105 e. The molecule has 0 aliphatic heterocycles. The van der Waals surface area contributed by atoms with Crippen LogP contribution in [0.15, 0.2) is 12.2 Å². The molecule has 1 N–H and O–H groups in total. The quantitative estimate of drug-likeness (QED) is 0.633. The van der Waals surface area contributed by atoms with E-state index in [2.05, 4.69) is 24.5 Å². The van der Waals surface area contributed by atoms with Gasteiger partial charge in [-0.05, 0) is 50.5 Å². The Morgan fingerprint density at radius 1 is 1.42 bits per heavy atom. The maximum atomic E-state index is 3.37. The first kappa shape index (κ1) is 8.31. The van der Waals surface area contributed by atoms with Crippen LogP contribution in [0.25, 0.3) is 0 Å². The first-order valence-corrected chi connectivity index (χ1v) is 5.17. The zero-order valence-corrected chi connectivity index (χ0v) is 7.97. The van der Waals surface area contributed by atoms with Crippen LogP contribution in [0.4, 0.5) is 0 Å². The number of allylic oxidation sites excluding steroid dienone is 2. The van der Waals surface area contributed by atoms with Crippen LogP contribution in [-0.2, 0) is 0 Å². The molecule has 0 bridgehead atoms. The molecule has 0 aromatic carbocycles. The van der Waals surface area contributed by atoms with E-state index < -0.39 is 0 Å². The molecule has 0 amide bonds. The van der Waals surface area contributed by atoms with Crippen LogP contribution in [-0.4, -0.2) is 13.6 Å². The number of hydrogen-bond donors (Lipinski definition) is 1. The van der Waals surface area contributed by atoms with Crippen molar-refractivity contribution < 1.29 is 0 Å². The van der Waals surface area contributed by atoms with Crippen molar-refractivity contribution in [2.45, 2.75) is 32.1 Å². The molecular formula is C11H19N. The van der Waals surface area contributed by atoms with Gasteiger partial charge in [-0.3, -0.25) is 0 Å². The first-order valence-electron chi connectivity index (χ1n) is 5.17. The molecule has 0 spiro atoms. The van der Waals surface area contributed by atoms with E-state index in [0.29, 0.717) is 5.41 Å². The van der Waals surface area contributed by atoms with Crippen molar-refractivity contribution in [3.63, 3.8) is 0 Å². The van der Waals surface area contributed by atoms with E-state index in [4.69, 9.17) is 0 Å². The van der Waals surface area contributed by atoms with Crippen molar-refractivity contribution >= 4 is 0 Å². The molecule has 68 valence electrons. The van der Waals surface area contributed by atoms with Gasteiger partial charge in [-0.25, -0.2) is 0 Å².